The van der Waals surface area contributed by atoms with Gasteiger partial charge in [0.2, 0.25) is 17.7 Å². The van der Waals surface area contributed by atoms with Crippen LogP contribution in [0.25, 0.3) is 0 Å². The first kappa shape index (κ1) is 47.6. The molecule has 12 nitrogen and oxygen atoms in total. The maximum atomic E-state index is 13.1. The molecule has 0 spiro atoms. The normalized spacial score (nSPS) is 12.8. The van der Waals surface area contributed by atoms with Crippen molar-refractivity contribution < 1.29 is 38.2 Å². The van der Waals surface area contributed by atoms with Crippen molar-refractivity contribution in [2.45, 2.75) is 138 Å². The van der Waals surface area contributed by atoms with E-state index in [9.17, 15) is 28.8 Å². The van der Waals surface area contributed by atoms with Crippen LogP contribution < -0.4 is 21.3 Å². The summed E-state index contributed by atoms with van der Waals surface area (Å²) in [5.41, 5.74) is 1.16. The fraction of sp³-hybridized carbons (Fsp3) is 0.591. The lowest BCUT2D eigenvalue weighted by atomic mass is 9.88. The van der Waals surface area contributed by atoms with Crippen LogP contribution in [0, 0.1) is 17.8 Å². The van der Waals surface area contributed by atoms with Gasteiger partial charge in [-0.1, -0.05) is 72.2 Å². The number of rotatable bonds is 24. The minimum atomic E-state index is -0.839. The van der Waals surface area contributed by atoms with Crippen LogP contribution in [-0.4, -0.2) is 65.7 Å². The van der Waals surface area contributed by atoms with Crippen LogP contribution in [0.15, 0.2) is 48.5 Å². The summed E-state index contributed by atoms with van der Waals surface area (Å²) in [5, 5.41) is 11.2. The van der Waals surface area contributed by atoms with E-state index in [-0.39, 0.29) is 55.0 Å². The van der Waals surface area contributed by atoms with Crippen molar-refractivity contribution in [2.24, 2.45) is 17.8 Å². The van der Waals surface area contributed by atoms with E-state index in [0.29, 0.717) is 48.6 Å². The molecule has 56 heavy (non-hydrogen) atoms. The van der Waals surface area contributed by atoms with Crippen LogP contribution in [-0.2, 0) is 35.3 Å². The van der Waals surface area contributed by atoms with Gasteiger partial charge in [-0.25, -0.2) is 0 Å². The fourth-order valence-electron chi connectivity index (χ4n) is 5.80. The molecule has 0 bridgehead atoms. The van der Waals surface area contributed by atoms with E-state index in [1.807, 2.05) is 48.5 Å². The number of benzene rings is 2. The minimum Gasteiger partial charge on any atom is -0.461 e. The molecule has 2 atom stereocenters. The number of ketones is 1. The van der Waals surface area contributed by atoms with E-state index < -0.39 is 29.0 Å². The molecule has 12 heteroatoms. The van der Waals surface area contributed by atoms with Gasteiger partial charge in [-0.3, -0.25) is 28.8 Å². The van der Waals surface area contributed by atoms with Crippen molar-refractivity contribution in [3.05, 3.63) is 65.2 Å². The molecule has 0 heterocycles. The highest BCUT2D eigenvalue weighted by molar-refractivity contribution is 6.00. The van der Waals surface area contributed by atoms with E-state index in [2.05, 4.69) is 35.1 Å². The summed E-state index contributed by atoms with van der Waals surface area (Å²) in [7, 11) is 0. The van der Waals surface area contributed by atoms with Crippen LogP contribution in [0.2, 0.25) is 0 Å². The molecule has 0 aliphatic rings. The average molecular weight is 779 g/mol. The number of carbonyl (C=O) groups excluding carboxylic acids is 6. The number of ether oxygens (including phenoxy) is 2. The highest BCUT2D eigenvalue weighted by atomic mass is 16.5. The molecule has 0 saturated heterocycles. The molecule has 0 aromatic heterocycles. The van der Waals surface area contributed by atoms with Crippen molar-refractivity contribution in [3.63, 3.8) is 0 Å². The lowest BCUT2D eigenvalue weighted by molar-refractivity contribution is -0.144. The standard InChI is InChI=1S/C44H66N4O8/c1-11-32(16-13-29(3)4)40(52)33-17-19-34(20-18-33)41(53)48-43(7,8)25-26-56-44(9,10)24-23-36(49)47-39(30(5)6)42(54)45-27-37(50)46-35-21-14-31(15-22-35)28-55-38(51)12-2/h14-15,17-22,29-30,32,39H,11-13,16,23-28H2,1-10H3,(H,45,54)(H,46,50)(H,47,49)(H,48,53). The average Bonchev–Trinajstić information content (AvgIpc) is 3.14. The number of nitrogens with one attached hydrogen (secondary N) is 4. The molecule has 0 aliphatic carbocycles. The van der Waals surface area contributed by atoms with Crippen LogP contribution >= 0.6 is 0 Å². The van der Waals surface area contributed by atoms with Gasteiger partial charge in [-0.15, -0.1) is 0 Å². The maximum absolute atomic E-state index is 13.1. The molecule has 0 fully saturated rings. The zero-order valence-corrected chi connectivity index (χ0v) is 35.3. The molecule has 310 valence electrons. The summed E-state index contributed by atoms with van der Waals surface area (Å²) in [5.74, 6) is -1.33. The van der Waals surface area contributed by atoms with Crippen molar-refractivity contribution in [1.29, 1.82) is 0 Å². The van der Waals surface area contributed by atoms with Crippen LogP contribution in [0.5, 0.6) is 0 Å². The number of carbonyl (C=O) groups is 6. The minimum absolute atomic E-state index is 0.0190. The predicted octanol–water partition coefficient (Wildman–Crippen LogP) is 7.15. The summed E-state index contributed by atoms with van der Waals surface area (Å²) < 4.78 is 11.3. The molecular weight excluding hydrogens is 713 g/mol. The molecule has 4 amide bonds. The Morgan fingerprint density at radius 3 is 1.96 bits per heavy atom. The van der Waals surface area contributed by atoms with Crippen molar-refractivity contribution in [1.82, 2.24) is 16.0 Å². The molecule has 4 N–H and O–H groups in total. The molecule has 2 unspecified atom stereocenters. The molecule has 0 saturated carbocycles. The molecule has 2 rings (SSSR count). The van der Waals surface area contributed by atoms with Gasteiger partial charge < -0.3 is 30.7 Å². The fourth-order valence-corrected chi connectivity index (χ4v) is 5.80. The van der Waals surface area contributed by atoms with E-state index >= 15 is 0 Å². The van der Waals surface area contributed by atoms with E-state index in [0.717, 1.165) is 24.8 Å². The van der Waals surface area contributed by atoms with Crippen molar-refractivity contribution >= 4 is 41.1 Å². The Morgan fingerprint density at radius 1 is 0.768 bits per heavy atom. The second-order valence-electron chi connectivity index (χ2n) is 16.5. The van der Waals surface area contributed by atoms with Gasteiger partial charge >= 0.3 is 5.97 Å². The first-order valence-electron chi connectivity index (χ1n) is 20.0. The Bertz CT molecular complexity index is 1600. The van der Waals surface area contributed by atoms with Crippen molar-refractivity contribution in [2.75, 3.05) is 18.5 Å². The highest BCUT2D eigenvalue weighted by Gasteiger charge is 2.28. The number of hydrogen-bond donors (Lipinski definition) is 4. The van der Waals surface area contributed by atoms with E-state index in [1.165, 1.54) is 0 Å². The highest BCUT2D eigenvalue weighted by Crippen LogP contribution is 2.22. The lowest BCUT2D eigenvalue weighted by Gasteiger charge is -2.30. The van der Waals surface area contributed by atoms with Gasteiger partial charge in [0, 0.05) is 47.7 Å². The summed E-state index contributed by atoms with van der Waals surface area (Å²) >= 11 is 0. The zero-order chi connectivity index (χ0) is 42.1. The monoisotopic (exact) mass is 778 g/mol. The Balaban J connectivity index is 1.79. The first-order valence-corrected chi connectivity index (χ1v) is 20.0. The van der Waals surface area contributed by atoms with Gasteiger partial charge in [-0.05, 0) is 95.0 Å². The molecule has 2 aromatic carbocycles. The molecule has 0 radical (unpaired) electrons. The van der Waals surface area contributed by atoms with E-state index in [4.69, 9.17) is 9.47 Å². The quantitative estimate of drug-likeness (QED) is 0.0644. The summed E-state index contributed by atoms with van der Waals surface area (Å²) in [6.45, 7) is 19.5. The third-order valence-corrected chi connectivity index (χ3v) is 9.63. The van der Waals surface area contributed by atoms with Crippen LogP contribution in [0.4, 0.5) is 5.69 Å². The first-order chi connectivity index (χ1) is 26.3. The Hall–Kier alpha value is -4.58. The molecule has 2 aromatic rings. The van der Waals surface area contributed by atoms with E-state index in [1.54, 1.807) is 55.5 Å². The van der Waals surface area contributed by atoms with Crippen LogP contribution in [0.1, 0.15) is 140 Å². The summed E-state index contributed by atoms with van der Waals surface area (Å²) in [6, 6.07) is 12.9. The topological polar surface area (TPSA) is 169 Å². The molecule has 0 aliphatic heterocycles. The SMILES string of the molecule is CCC(=O)OCc1ccc(NC(=O)CNC(=O)C(NC(=O)CCC(C)(C)OCCC(C)(C)NC(=O)c2ccc(C(=O)C(CC)CCC(C)C)cc2)C(C)C)cc1. The Morgan fingerprint density at radius 2 is 1.39 bits per heavy atom. The van der Waals surface area contributed by atoms with Crippen LogP contribution in [0.3, 0.4) is 0 Å². The van der Waals surface area contributed by atoms with Gasteiger partial charge in [0.15, 0.2) is 5.78 Å². The number of amides is 4. The number of anilines is 1. The summed E-state index contributed by atoms with van der Waals surface area (Å²) in [4.78, 5) is 75.9. The number of Topliss-reactive ketones (excluding diaryl/α,β-unsaturated/α-hetero) is 1. The third kappa shape index (κ3) is 17.5. The number of hydrogen-bond acceptors (Lipinski definition) is 8. The largest absolute Gasteiger partial charge is 0.461 e. The second-order valence-corrected chi connectivity index (χ2v) is 16.5. The molecular formula is C44H66N4O8. The smallest absolute Gasteiger partial charge is 0.305 e. The second kappa shape index (κ2) is 22.8. The van der Waals surface area contributed by atoms with Gasteiger partial charge in [0.25, 0.3) is 5.91 Å². The zero-order valence-electron chi connectivity index (χ0n) is 35.3. The van der Waals surface area contributed by atoms with Crippen molar-refractivity contribution in [3.8, 4) is 0 Å². The lowest BCUT2D eigenvalue weighted by Crippen LogP contribution is -2.51. The predicted molar refractivity (Wildman–Crippen MR) is 219 cm³/mol. The Kier molecular flexibility index (Phi) is 19.4. The third-order valence-electron chi connectivity index (χ3n) is 9.63. The van der Waals surface area contributed by atoms with Gasteiger partial charge in [0.05, 0.1) is 12.1 Å². The number of esters is 1. The maximum Gasteiger partial charge on any atom is 0.305 e. The van der Waals surface area contributed by atoms with Gasteiger partial charge in [-0.2, -0.15) is 0 Å². The summed E-state index contributed by atoms with van der Waals surface area (Å²) in [6.07, 6.45) is 3.97. The Labute approximate surface area is 334 Å². The van der Waals surface area contributed by atoms with Gasteiger partial charge in [0.1, 0.15) is 12.6 Å².